The van der Waals surface area contributed by atoms with Crippen LogP contribution in [0, 0.1) is 0 Å². The van der Waals surface area contributed by atoms with Gasteiger partial charge >= 0.3 is 0 Å². The third kappa shape index (κ3) is 2.93. The Morgan fingerprint density at radius 2 is 2.23 bits per heavy atom. The lowest BCUT2D eigenvalue weighted by molar-refractivity contribution is 0.768. The van der Waals surface area contributed by atoms with Crippen LogP contribution in [0.2, 0.25) is 4.34 Å². The molecule has 0 aromatic carbocycles. The molecule has 0 aliphatic carbocycles. The Morgan fingerprint density at radius 1 is 1.54 bits per heavy atom. The molecule has 2 nitrogen and oxygen atoms in total. The molecule has 4 heteroatoms. The maximum absolute atomic E-state index is 6.05. The van der Waals surface area contributed by atoms with E-state index in [9.17, 15) is 0 Å². The average Bonchev–Trinajstić information content (AvgIpc) is 2.44. The van der Waals surface area contributed by atoms with Gasteiger partial charge in [-0.05, 0) is 7.05 Å². The van der Waals surface area contributed by atoms with Crippen LogP contribution in [0.25, 0.3) is 0 Å². The second-order valence-electron chi connectivity index (χ2n) is 3.28. The number of hydrogen-bond acceptors (Lipinski definition) is 3. The van der Waals surface area contributed by atoms with Crippen LogP contribution in [0.3, 0.4) is 0 Å². The molecule has 1 aromatic heterocycles. The minimum Gasteiger partial charge on any atom is -0.319 e. The van der Waals surface area contributed by atoms with Crippen molar-refractivity contribution in [2.75, 3.05) is 13.6 Å². The van der Waals surface area contributed by atoms with Gasteiger partial charge < -0.3 is 5.32 Å². The van der Waals surface area contributed by atoms with Crippen molar-refractivity contribution >= 4 is 22.9 Å². The summed E-state index contributed by atoms with van der Waals surface area (Å²) in [6.45, 7) is 5.20. The van der Waals surface area contributed by atoms with Gasteiger partial charge in [-0.15, -0.1) is 11.3 Å². The fraction of sp³-hybridized carbons (Fsp3) is 0.667. The van der Waals surface area contributed by atoms with Gasteiger partial charge in [-0.3, -0.25) is 0 Å². The molecule has 0 amide bonds. The second-order valence-corrected chi connectivity index (χ2v) is 4.91. The molecule has 0 fully saturated rings. The highest BCUT2D eigenvalue weighted by molar-refractivity contribution is 7.16. The monoisotopic (exact) mass is 218 g/mol. The van der Waals surface area contributed by atoms with Gasteiger partial charge in [0, 0.05) is 18.9 Å². The topological polar surface area (TPSA) is 24.9 Å². The fourth-order valence-electron chi connectivity index (χ4n) is 0.995. The van der Waals surface area contributed by atoms with Gasteiger partial charge in [-0.25, -0.2) is 4.98 Å². The zero-order chi connectivity index (χ0) is 9.84. The van der Waals surface area contributed by atoms with E-state index in [1.807, 2.05) is 7.05 Å². The summed E-state index contributed by atoms with van der Waals surface area (Å²) in [4.78, 5) is 4.49. The van der Waals surface area contributed by atoms with Gasteiger partial charge in [0.2, 0.25) is 0 Å². The molecule has 1 aromatic rings. The zero-order valence-electron chi connectivity index (χ0n) is 8.22. The Morgan fingerprint density at radius 3 is 2.69 bits per heavy atom. The standard InChI is InChI=1S/C9H15ClN2S/c1-6(2)9-12-7(4-5-11-3)8(10)13-9/h6,11H,4-5H2,1-3H3. The molecule has 0 aliphatic heterocycles. The van der Waals surface area contributed by atoms with E-state index in [-0.39, 0.29) is 0 Å². The van der Waals surface area contributed by atoms with E-state index in [1.165, 1.54) is 0 Å². The minimum absolute atomic E-state index is 0.478. The Balaban J connectivity index is 2.71. The minimum atomic E-state index is 0.478. The number of thiazole rings is 1. The summed E-state index contributed by atoms with van der Waals surface area (Å²) in [5.74, 6) is 0.478. The van der Waals surface area contributed by atoms with Crippen molar-refractivity contribution in [3.63, 3.8) is 0 Å². The van der Waals surface area contributed by atoms with Crippen LogP contribution in [0.4, 0.5) is 0 Å². The van der Waals surface area contributed by atoms with Crippen LogP contribution in [-0.2, 0) is 6.42 Å². The van der Waals surface area contributed by atoms with Crippen LogP contribution >= 0.6 is 22.9 Å². The van der Waals surface area contributed by atoms with Crippen molar-refractivity contribution in [3.05, 3.63) is 15.0 Å². The summed E-state index contributed by atoms with van der Waals surface area (Å²) in [5.41, 5.74) is 1.03. The Bertz CT molecular complexity index is 271. The van der Waals surface area contributed by atoms with Gasteiger partial charge in [-0.2, -0.15) is 0 Å². The smallest absolute Gasteiger partial charge is 0.116 e. The molecule has 0 saturated heterocycles. The van der Waals surface area contributed by atoms with E-state index >= 15 is 0 Å². The molecule has 0 radical (unpaired) electrons. The molecule has 1 rings (SSSR count). The highest BCUT2D eigenvalue weighted by Crippen LogP contribution is 2.28. The van der Waals surface area contributed by atoms with Gasteiger partial charge in [0.15, 0.2) is 0 Å². The number of halogens is 1. The Labute approximate surface area is 88.3 Å². The number of nitrogens with one attached hydrogen (secondary N) is 1. The van der Waals surface area contributed by atoms with Crippen molar-refractivity contribution in [1.82, 2.24) is 10.3 Å². The van der Waals surface area contributed by atoms with Crippen molar-refractivity contribution in [1.29, 1.82) is 0 Å². The Hall–Kier alpha value is -0.120. The molecular weight excluding hydrogens is 204 g/mol. The van der Waals surface area contributed by atoms with Gasteiger partial charge in [0.1, 0.15) is 4.34 Å². The molecule has 1 heterocycles. The van der Waals surface area contributed by atoms with Crippen LogP contribution in [0.1, 0.15) is 30.5 Å². The fourth-order valence-corrected chi connectivity index (χ4v) is 2.21. The quantitative estimate of drug-likeness (QED) is 0.841. The van der Waals surface area contributed by atoms with Crippen molar-refractivity contribution < 1.29 is 0 Å². The first-order valence-electron chi connectivity index (χ1n) is 4.44. The molecule has 0 spiro atoms. The number of likely N-dealkylation sites (N-methyl/N-ethyl adjacent to an activating group) is 1. The first kappa shape index (κ1) is 11.0. The summed E-state index contributed by atoms with van der Waals surface area (Å²) < 4.78 is 0.846. The predicted octanol–water partition coefficient (Wildman–Crippen LogP) is 2.68. The normalized spacial score (nSPS) is 11.2. The summed E-state index contributed by atoms with van der Waals surface area (Å²) in [6, 6.07) is 0. The van der Waals surface area contributed by atoms with E-state index < -0.39 is 0 Å². The van der Waals surface area contributed by atoms with Crippen molar-refractivity contribution in [3.8, 4) is 0 Å². The largest absolute Gasteiger partial charge is 0.319 e. The first-order valence-corrected chi connectivity index (χ1v) is 5.64. The Kier molecular flexibility index (Phi) is 4.16. The molecule has 0 atom stereocenters. The predicted molar refractivity (Wildman–Crippen MR) is 58.8 cm³/mol. The third-order valence-electron chi connectivity index (χ3n) is 1.77. The zero-order valence-corrected chi connectivity index (χ0v) is 9.80. The van der Waals surface area contributed by atoms with Crippen LogP contribution in [0.15, 0.2) is 0 Å². The second kappa shape index (κ2) is 4.94. The summed E-state index contributed by atoms with van der Waals surface area (Å²) in [6.07, 6.45) is 0.915. The summed E-state index contributed by atoms with van der Waals surface area (Å²) in [5, 5.41) is 4.22. The molecular formula is C9H15ClN2S. The lowest BCUT2D eigenvalue weighted by atomic mass is 10.2. The van der Waals surface area contributed by atoms with Gasteiger partial charge in [0.25, 0.3) is 0 Å². The van der Waals surface area contributed by atoms with Crippen LogP contribution in [0.5, 0.6) is 0 Å². The maximum atomic E-state index is 6.05. The molecule has 13 heavy (non-hydrogen) atoms. The number of rotatable bonds is 4. The molecule has 74 valence electrons. The summed E-state index contributed by atoms with van der Waals surface area (Å²) >= 11 is 7.65. The van der Waals surface area contributed by atoms with Gasteiger partial charge in [-0.1, -0.05) is 25.4 Å². The maximum Gasteiger partial charge on any atom is 0.116 e. The lowest BCUT2D eigenvalue weighted by Gasteiger charge is -1.97. The number of hydrogen-bond donors (Lipinski definition) is 1. The molecule has 0 bridgehead atoms. The van der Waals surface area contributed by atoms with Crippen LogP contribution < -0.4 is 5.32 Å². The van der Waals surface area contributed by atoms with E-state index in [1.54, 1.807) is 11.3 Å². The molecule has 0 saturated carbocycles. The van der Waals surface area contributed by atoms with E-state index in [0.717, 1.165) is 28.0 Å². The lowest BCUT2D eigenvalue weighted by Crippen LogP contribution is -2.10. The molecule has 0 aliphatic rings. The number of aromatic nitrogens is 1. The molecule has 0 unspecified atom stereocenters. The van der Waals surface area contributed by atoms with Crippen LogP contribution in [-0.4, -0.2) is 18.6 Å². The molecule has 1 N–H and O–H groups in total. The summed E-state index contributed by atoms with van der Waals surface area (Å²) in [7, 11) is 1.93. The number of nitrogens with zero attached hydrogens (tertiary/aromatic N) is 1. The first-order chi connectivity index (χ1) is 6.15. The van der Waals surface area contributed by atoms with E-state index in [4.69, 9.17) is 11.6 Å². The van der Waals surface area contributed by atoms with Crippen molar-refractivity contribution in [2.24, 2.45) is 0 Å². The van der Waals surface area contributed by atoms with E-state index in [2.05, 4.69) is 24.1 Å². The third-order valence-corrected chi connectivity index (χ3v) is 3.41. The SMILES string of the molecule is CNCCc1nc(C(C)C)sc1Cl. The van der Waals surface area contributed by atoms with Gasteiger partial charge in [0.05, 0.1) is 10.7 Å². The van der Waals surface area contributed by atoms with Crippen molar-refractivity contribution in [2.45, 2.75) is 26.2 Å². The highest BCUT2D eigenvalue weighted by atomic mass is 35.5. The van der Waals surface area contributed by atoms with E-state index in [0.29, 0.717) is 5.92 Å². The highest BCUT2D eigenvalue weighted by Gasteiger charge is 2.10. The average molecular weight is 219 g/mol.